The Balaban J connectivity index is 2.18. The average molecular weight is 245 g/mol. The molecule has 0 saturated carbocycles. The number of benzene rings is 1. The summed E-state index contributed by atoms with van der Waals surface area (Å²) in [5.41, 5.74) is 1.71. The fraction of sp³-hybridized carbons (Fsp3) is 0. The number of rotatable bonds is 2. The van der Waals surface area contributed by atoms with Gasteiger partial charge >= 0.3 is 0 Å². The summed E-state index contributed by atoms with van der Waals surface area (Å²) in [6.07, 6.45) is 2.94. The molecule has 84 valence electrons. The normalized spacial score (nSPS) is 11.5. The smallest absolute Gasteiger partial charge is 0.234 e. The van der Waals surface area contributed by atoms with E-state index in [0.29, 0.717) is 0 Å². The van der Waals surface area contributed by atoms with Crippen LogP contribution in [0, 0.1) is 0 Å². The summed E-state index contributed by atoms with van der Waals surface area (Å²) >= 11 is 1.43. The van der Waals surface area contributed by atoms with Gasteiger partial charge in [0.2, 0.25) is 4.96 Å². The van der Waals surface area contributed by atoms with Gasteiger partial charge in [-0.05, 0) is 0 Å². The van der Waals surface area contributed by atoms with Crippen molar-refractivity contribution in [3.05, 3.63) is 36.2 Å². The number of fused-ring (bicyclic) bond motifs is 1. The number of oxime groups is 1. The van der Waals surface area contributed by atoms with Gasteiger partial charge in [0.1, 0.15) is 11.3 Å². The Morgan fingerprint density at radius 1 is 1.35 bits per heavy atom. The van der Waals surface area contributed by atoms with Crippen molar-refractivity contribution >= 4 is 22.5 Å². The van der Waals surface area contributed by atoms with Gasteiger partial charge < -0.3 is 5.21 Å². The molecule has 0 bridgehead atoms. The Morgan fingerprint density at radius 2 is 2.24 bits per heavy atom. The summed E-state index contributed by atoms with van der Waals surface area (Å²) in [7, 11) is 0. The second-order valence-electron chi connectivity index (χ2n) is 3.30. The van der Waals surface area contributed by atoms with Crippen molar-refractivity contribution in [2.24, 2.45) is 5.16 Å². The minimum absolute atomic E-state index is 0.732. The lowest BCUT2D eigenvalue weighted by Gasteiger charge is -1.99. The third kappa shape index (κ3) is 1.66. The van der Waals surface area contributed by atoms with Crippen LogP contribution in [0.1, 0.15) is 5.56 Å². The zero-order chi connectivity index (χ0) is 11.7. The first-order valence-electron chi connectivity index (χ1n) is 4.82. The van der Waals surface area contributed by atoms with E-state index in [2.05, 4.69) is 20.5 Å². The maximum atomic E-state index is 8.62. The Kier molecular flexibility index (Phi) is 2.30. The van der Waals surface area contributed by atoms with E-state index in [1.54, 1.807) is 10.8 Å². The lowest BCUT2D eigenvalue weighted by molar-refractivity contribution is 0.322. The van der Waals surface area contributed by atoms with Gasteiger partial charge in [0.25, 0.3) is 0 Å². The van der Waals surface area contributed by atoms with Gasteiger partial charge in [0.15, 0.2) is 0 Å². The summed E-state index contributed by atoms with van der Waals surface area (Å²) < 4.78 is 1.62. The highest BCUT2D eigenvalue weighted by Crippen LogP contribution is 2.26. The van der Waals surface area contributed by atoms with E-state index in [9.17, 15) is 0 Å². The van der Waals surface area contributed by atoms with Gasteiger partial charge in [-0.3, -0.25) is 0 Å². The molecular formula is C10H7N5OS. The number of aromatic nitrogens is 4. The fourth-order valence-electron chi connectivity index (χ4n) is 1.54. The van der Waals surface area contributed by atoms with Gasteiger partial charge in [-0.2, -0.15) is 9.61 Å². The number of hydrogen-bond donors (Lipinski definition) is 1. The number of hydrogen-bond acceptors (Lipinski definition) is 6. The van der Waals surface area contributed by atoms with Gasteiger partial charge in [0.05, 0.1) is 6.21 Å². The molecule has 17 heavy (non-hydrogen) atoms. The van der Waals surface area contributed by atoms with Crippen molar-refractivity contribution in [2.75, 3.05) is 0 Å². The van der Waals surface area contributed by atoms with Crippen molar-refractivity contribution in [2.45, 2.75) is 0 Å². The van der Waals surface area contributed by atoms with Crippen LogP contribution in [0.5, 0.6) is 0 Å². The Labute approximate surface area is 99.9 Å². The first-order valence-corrected chi connectivity index (χ1v) is 5.64. The molecule has 0 atom stereocenters. The van der Waals surface area contributed by atoms with Crippen LogP contribution in [0.2, 0.25) is 0 Å². The lowest BCUT2D eigenvalue weighted by Crippen LogP contribution is -1.88. The number of nitrogens with zero attached hydrogens (tertiary/aromatic N) is 5. The molecule has 0 aliphatic carbocycles. The second kappa shape index (κ2) is 3.95. The molecule has 7 heteroatoms. The summed E-state index contributed by atoms with van der Waals surface area (Å²) in [4.78, 5) is 0.732. The van der Waals surface area contributed by atoms with E-state index in [4.69, 9.17) is 5.21 Å². The van der Waals surface area contributed by atoms with Crippen LogP contribution >= 0.6 is 11.3 Å². The standard InChI is InChI=1S/C10H7N5OS/c16-12-5-7-3-1-2-4-8(7)9-14-15-6-11-13-10(15)17-9/h1-6,16H/b12-5+. The Hall–Kier alpha value is -2.28. The third-order valence-corrected chi connectivity index (χ3v) is 3.22. The molecule has 0 spiro atoms. The molecule has 0 saturated heterocycles. The summed E-state index contributed by atoms with van der Waals surface area (Å²) in [5, 5.41) is 24.5. The van der Waals surface area contributed by atoms with Gasteiger partial charge in [0, 0.05) is 11.1 Å². The molecule has 1 aromatic carbocycles. The Morgan fingerprint density at radius 3 is 3.06 bits per heavy atom. The first-order chi connectivity index (χ1) is 8.38. The van der Waals surface area contributed by atoms with Crippen LogP contribution in [0.3, 0.4) is 0 Å². The topological polar surface area (TPSA) is 75.7 Å². The lowest BCUT2D eigenvalue weighted by atomic mass is 10.1. The van der Waals surface area contributed by atoms with E-state index < -0.39 is 0 Å². The van der Waals surface area contributed by atoms with Crippen LogP contribution in [-0.2, 0) is 0 Å². The van der Waals surface area contributed by atoms with Gasteiger partial charge in [-0.25, -0.2) is 0 Å². The molecule has 0 radical (unpaired) electrons. The summed E-state index contributed by atoms with van der Waals surface area (Å²) in [6.45, 7) is 0. The highest BCUT2D eigenvalue weighted by molar-refractivity contribution is 7.19. The van der Waals surface area contributed by atoms with Crippen LogP contribution in [-0.4, -0.2) is 31.2 Å². The highest BCUT2D eigenvalue weighted by Gasteiger charge is 2.10. The quantitative estimate of drug-likeness (QED) is 0.423. The maximum Gasteiger partial charge on any atom is 0.234 e. The molecule has 1 N–H and O–H groups in total. The molecule has 0 fully saturated rings. The van der Waals surface area contributed by atoms with E-state index in [1.165, 1.54) is 17.6 Å². The molecule has 0 aliphatic heterocycles. The monoisotopic (exact) mass is 245 g/mol. The third-order valence-electron chi connectivity index (χ3n) is 2.27. The molecule has 0 unspecified atom stereocenters. The average Bonchev–Trinajstić information content (AvgIpc) is 2.90. The van der Waals surface area contributed by atoms with Crippen LogP contribution in [0.4, 0.5) is 0 Å². The zero-order valence-electron chi connectivity index (χ0n) is 8.56. The van der Waals surface area contributed by atoms with Gasteiger partial charge in [-0.1, -0.05) is 40.8 Å². The minimum atomic E-state index is 0.732. The maximum absolute atomic E-state index is 8.62. The predicted octanol–water partition coefficient (Wildman–Crippen LogP) is 1.66. The Bertz CT molecular complexity index is 658. The SMILES string of the molecule is O/N=C/c1ccccc1-c1nn2cnnc2s1. The summed E-state index contributed by atoms with van der Waals surface area (Å²) in [6, 6.07) is 7.56. The molecular weight excluding hydrogens is 238 g/mol. The molecule has 3 rings (SSSR count). The van der Waals surface area contributed by atoms with Crippen LogP contribution in [0.25, 0.3) is 15.5 Å². The zero-order valence-corrected chi connectivity index (χ0v) is 9.37. The van der Waals surface area contributed by atoms with Crippen molar-refractivity contribution in [1.82, 2.24) is 19.8 Å². The van der Waals surface area contributed by atoms with Crippen molar-refractivity contribution < 1.29 is 5.21 Å². The van der Waals surface area contributed by atoms with E-state index in [-0.39, 0.29) is 0 Å². The van der Waals surface area contributed by atoms with Crippen molar-refractivity contribution in [3.8, 4) is 10.6 Å². The molecule has 0 aliphatic rings. The predicted molar refractivity (Wildman–Crippen MR) is 63.5 cm³/mol. The van der Waals surface area contributed by atoms with Crippen LogP contribution < -0.4 is 0 Å². The van der Waals surface area contributed by atoms with Crippen molar-refractivity contribution in [1.29, 1.82) is 0 Å². The van der Waals surface area contributed by atoms with E-state index in [0.717, 1.165) is 21.1 Å². The van der Waals surface area contributed by atoms with E-state index in [1.807, 2.05) is 24.3 Å². The highest BCUT2D eigenvalue weighted by atomic mass is 32.1. The molecule has 6 nitrogen and oxygen atoms in total. The second-order valence-corrected chi connectivity index (χ2v) is 4.25. The minimum Gasteiger partial charge on any atom is -0.411 e. The summed E-state index contributed by atoms with van der Waals surface area (Å²) in [5.74, 6) is 0. The molecule has 2 aromatic heterocycles. The molecule has 2 heterocycles. The van der Waals surface area contributed by atoms with Crippen LogP contribution in [0.15, 0.2) is 35.7 Å². The van der Waals surface area contributed by atoms with Gasteiger partial charge in [-0.15, -0.1) is 10.2 Å². The van der Waals surface area contributed by atoms with E-state index >= 15 is 0 Å². The molecule has 3 aromatic rings. The first kappa shape index (κ1) is 9.91. The molecule has 0 amide bonds. The van der Waals surface area contributed by atoms with Crippen molar-refractivity contribution in [3.63, 3.8) is 0 Å². The largest absolute Gasteiger partial charge is 0.411 e. The fourth-order valence-corrected chi connectivity index (χ4v) is 2.40.